The molecule has 114 valence electrons. The van der Waals surface area contributed by atoms with Crippen LogP contribution >= 0.6 is 0 Å². The van der Waals surface area contributed by atoms with E-state index in [0.29, 0.717) is 8.76 Å². The molecule has 5 heteroatoms. The molecule has 0 amide bonds. The van der Waals surface area contributed by atoms with Crippen LogP contribution in [0.15, 0.2) is 22.8 Å². The first-order valence-electron chi connectivity index (χ1n) is 6.99. The van der Waals surface area contributed by atoms with Crippen LogP contribution < -0.4 is 37.2 Å². The standard InChI is InChI=1S/C15H25Si.3ClH.Ti/c1-11-13(10-16-15(2,3)4)9-12-7-5-6-8-14(11)12;;;;/h9H,5-8,10,16H2,1-4H3;3*1H;/q;;;;+3/p-3. The summed E-state index contributed by atoms with van der Waals surface area (Å²) in [7, 11) is 0.0162. The van der Waals surface area contributed by atoms with E-state index in [2.05, 4.69) is 54.2 Å². The van der Waals surface area contributed by atoms with Gasteiger partial charge in [-0.2, -0.15) is 0 Å². The Morgan fingerprint density at radius 2 is 1.70 bits per heavy atom. The van der Waals surface area contributed by atoms with Crippen molar-refractivity contribution in [3.05, 3.63) is 22.8 Å². The maximum absolute atomic E-state index is 2.58. The van der Waals surface area contributed by atoms with Crippen molar-refractivity contribution in [1.29, 1.82) is 0 Å². The quantitative estimate of drug-likeness (QED) is 0.418. The molecule has 0 saturated carbocycles. The van der Waals surface area contributed by atoms with Gasteiger partial charge < -0.3 is 37.2 Å². The molecule has 20 heavy (non-hydrogen) atoms. The SMILES string of the molecule is CC(C)(C)[SiH2]CC1=CC2=C(CCCC2)[C]1(C)[Ti+3].[Cl-].[Cl-].[Cl-]. The van der Waals surface area contributed by atoms with E-state index in [1.807, 2.05) is 0 Å². The minimum atomic E-state index is 0. The minimum absolute atomic E-state index is 0. The topological polar surface area (TPSA) is 0 Å². The van der Waals surface area contributed by atoms with Crippen molar-refractivity contribution >= 4 is 9.52 Å². The Balaban J connectivity index is 0. The molecule has 0 fully saturated rings. The number of hydrogen-bond donors (Lipinski definition) is 0. The first-order valence-corrected chi connectivity index (χ1v) is 9.48. The van der Waals surface area contributed by atoms with E-state index in [-0.39, 0.29) is 46.7 Å². The van der Waals surface area contributed by atoms with Crippen LogP contribution in [-0.2, 0) is 20.4 Å². The second-order valence-electron chi connectivity index (χ2n) is 7.07. The zero-order valence-electron chi connectivity index (χ0n) is 13.0. The summed E-state index contributed by atoms with van der Waals surface area (Å²) in [6.45, 7) is 9.70. The van der Waals surface area contributed by atoms with Crippen molar-refractivity contribution in [2.45, 2.75) is 68.2 Å². The molecule has 2 aliphatic carbocycles. The van der Waals surface area contributed by atoms with Gasteiger partial charge in [-0.1, -0.05) is 0 Å². The molecule has 0 radical (unpaired) electrons. The van der Waals surface area contributed by atoms with Crippen LogP contribution in [-0.4, -0.2) is 9.52 Å². The Labute approximate surface area is 157 Å². The average Bonchev–Trinajstić information content (AvgIpc) is 2.47. The van der Waals surface area contributed by atoms with Gasteiger partial charge in [0.05, 0.1) is 0 Å². The maximum atomic E-state index is 2.58. The van der Waals surface area contributed by atoms with Gasteiger partial charge in [0, 0.05) is 0 Å². The van der Waals surface area contributed by atoms with Crippen molar-refractivity contribution in [3.63, 3.8) is 0 Å². The van der Waals surface area contributed by atoms with E-state index in [1.54, 1.807) is 16.7 Å². The summed E-state index contributed by atoms with van der Waals surface area (Å²) in [5.74, 6) is 0. The van der Waals surface area contributed by atoms with Gasteiger partial charge in [-0.05, 0) is 0 Å². The van der Waals surface area contributed by atoms with Gasteiger partial charge in [0.25, 0.3) is 0 Å². The molecule has 2 aliphatic rings. The van der Waals surface area contributed by atoms with Crippen molar-refractivity contribution < 1.29 is 57.7 Å². The summed E-state index contributed by atoms with van der Waals surface area (Å²) in [4.78, 5) is 0. The van der Waals surface area contributed by atoms with Crippen LogP contribution in [0.3, 0.4) is 0 Å². The van der Waals surface area contributed by atoms with Crippen LogP contribution in [0.2, 0.25) is 14.8 Å². The van der Waals surface area contributed by atoms with E-state index in [4.69, 9.17) is 0 Å². The fourth-order valence-electron chi connectivity index (χ4n) is 3.04. The Morgan fingerprint density at radius 3 is 2.20 bits per heavy atom. The van der Waals surface area contributed by atoms with Crippen LogP contribution in [0.4, 0.5) is 0 Å². The first-order chi connectivity index (χ1) is 7.81. The summed E-state index contributed by atoms with van der Waals surface area (Å²) in [5, 5.41) is 0.597. The van der Waals surface area contributed by atoms with E-state index in [1.165, 1.54) is 31.7 Å². The molecule has 0 aromatic rings. The Hall–Kier alpha value is 1.28. The Bertz CT molecular complexity index is 381. The summed E-state index contributed by atoms with van der Waals surface area (Å²) >= 11 is 2.46. The number of allylic oxidation sites excluding steroid dienone is 4. The molecule has 1 unspecified atom stereocenters. The third-order valence-electron chi connectivity index (χ3n) is 4.25. The smallest absolute Gasteiger partial charge is 1.00 e. The molecule has 0 N–H and O–H groups in total. The van der Waals surface area contributed by atoms with E-state index < -0.39 is 0 Å². The summed E-state index contributed by atoms with van der Waals surface area (Å²) in [5.41, 5.74) is 5.24. The molecule has 1 atom stereocenters. The summed E-state index contributed by atoms with van der Waals surface area (Å²) < 4.78 is 0.397. The fraction of sp³-hybridized carbons (Fsp3) is 0.733. The molecule has 0 nitrogen and oxygen atoms in total. The molecule has 0 spiro atoms. The molecule has 0 aliphatic heterocycles. The predicted molar refractivity (Wildman–Crippen MR) is 75.0 cm³/mol. The Kier molecular flexibility index (Phi) is 10.4. The normalized spacial score (nSPS) is 25.6. The monoisotopic (exact) mass is 386 g/mol. The second kappa shape index (κ2) is 8.79. The van der Waals surface area contributed by atoms with Gasteiger partial charge in [-0.3, -0.25) is 0 Å². The maximum Gasteiger partial charge on any atom is -1.00 e. The minimum Gasteiger partial charge on any atom is -1.00 e. The molecular formula is C15H25Cl3SiTi. The largest absolute Gasteiger partial charge is 1.00 e. The first kappa shape index (κ1) is 23.5. The molecule has 0 aromatic heterocycles. The van der Waals surface area contributed by atoms with Gasteiger partial charge in [-0.25, -0.2) is 0 Å². The molecular weight excluding hydrogens is 362 g/mol. The van der Waals surface area contributed by atoms with E-state index >= 15 is 0 Å². The van der Waals surface area contributed by atoms with Crippen LogP contribution in [0, 0.1) is 0 Å². The average molecular weight is 388 g/mol. The van der Waals surface area contributed by atoms with Gasteiger partial charge in [0.1, 0.15) is 0 Å². The van der Waals surface area contributed by atoms with Gasteiger partial charge in [-0.15, -0.1) is 0 Å². The predicted octanol–water partition coefficient (Wildman–Crippen LogP) is -4.66. The Morgan fingerprint density at radius 1 is 1.15 bits per heavy atom. The van der Waals surface area contributed by atoms with Crippen LogP contribution in [0.1, 0.15) is 53.4 Å². The van der Waals surface area contributed by atoms with Gasteiger partial charge >= 0.3 is 121 Å². The summed E-state index contributed by atoms with van der Waals surface area (Å²) in [6, 6.07) is 1.42. The molecule has 2 rings (SSSR count). The van der Waals surface area contributed by atoms with Crippen molar-refractivity contribution in [2.75, 3.05) is 0 Å². The number of rotatable bonds is 2. The molecule has 0 heterocycles. The zero-order valence-corrected chi connectivity index (χ0v) is 18.2. The van der Waals surface area contributed by atoms with Gasteiger partial charge in [0.2, 0.25) is 0 Å². The molecule has 0 aromatic carbocycles. The zero-order chi connectivity index (χ0) is 12.7. The van der Waals surface area contributed by atoms with E-state index in [9.17, 15) is 0 Å². The molecule has 0 saturated heterocycles. The van der Waals surface area contributed by atoms with Crippen LogP contribution in [0.5, 0.6) is 0 Å². The fourth-order valence-corrected chi connectivity index (χ4v) is 5.85. The van der Waals surface area contributed by atoms with Crippen LogP contribution in [0.25, 0.3) is 0 Å². The van der Waals surface area contributed by atoms with Crippen molar-refractivity contribution in [2.24, 2.45) is 0 Å². The van der Waals surface area contributed by atoms with Crippen molar-refractivity contribution in [1.82, 2.24) is 0 Å². The summed E-state index contributed by atoms with van der Waals surface area (Å²) in [6.07, 6.45) is 8.11. The number of halogens is 3. The molecule has 0 bridgehead atoms. The second-order valence-corrected chi connectivity index (χ2v) is 11.7. The van der Waals surface area contributed by atoms with E-state index in [0.717, 1.165) is 0 Å². The van der Waals surface area contributed by atoms with Gasteiger partial charge in [0.15, 0.2) is 0 Å². The third-order valence-corrected chi connectivity index (χ3v) is 7.51. The third kappa shape index (κ3) is 5.48. The number of hydrogen-bond acceptors (Lipinski definition) is 0. The van der Waals surface area contributed by atoms with Crippen molar-refractivity contribution in [3.8, 4) is 0 Å².